The highest BCUT2D eigenvalue weighted by molar-refractivity contribution is 5.75. The summed E-state index contributed by atoms with van der Waals surface area (Å²) in [6, 6.07) is 9.13. The van der Waals surface area contributed by atoms with E-state index < -0.39 is 22.8 Å². The molecule has 0 aliphatic carbocycles. The lowest BCUT2D eigenvalue weighted by atomic mass is 10.1. The van der Waals surface area contributed by atoms with Crippen LogP contribution in [-0.4, -0.2) is 28.6 Å². The number of aromatic nitrogens is 1. The van der Waals surface area contributed by atoms with Crippen LogP contribution < -0.4 is 4.74 Å². The molecule has 126 valence electrons. The highest BCUT2D eigenvalue weighted by Crippen LogP contribution is 2.31. The summed E-state index contributed by atoms with van der Waals surface area (Å²) in [5, 5.41) is 11.1. The van der Waals surface area contributed by atoms with Gasteiger partial charge in [0.2, 0.25) is 5.75 Å². The van der Waals surface area contributed by atoms with Gasteiger partial charge in [-0.15, -0.1) is 0 Å². The Bertz CT molecular complexity index is 743. The van der Waals surface area contributed by atoms with Crippen molar-refractivity contribution in [1.29, 1.82) is 0 Å². The summed E-state index contributed by atoms with van der Waals surface area (Å²) in [5.74, 6) is -1.10. The van der Waals surface area contributed by atoms with Gasteiger partial charge in [0.15, 0.2) is 6.10 Å². The SMILES string of the molecule is CCOC(=O)C(C)Oc1cc(-c2ccc(C)cc2)cnc1[N+](=O)[O-]. The first-order valence-electron chi connectivity index (χ1n) is 7.47. The van der Waals surface area contributed by atoms with Crippen molar-refractivity contribution in [3.8, 4) is 16.9 Å². The second-order valence-corrected chi connectivity index (χ2v) is 5.18. The molecular formula is C17H18N2O5. The summed E-state index contributed by atoms with van der Waals surface area (Å²) in [5.41, 5.74) is 2.60. The van der Waals surface area contributed by atoms with Crippen LogP contribution in [0.1, 0.15) is 19.4 Å². The molecule has 0 spiro atoms. The van der Waals surface area contributed by atoms with E-state index in [0.29, 0.717) is 5.56 Å². The van der Waals surface area contributed by atoms with Crippen LogP contribution >= 0.6 is 0 Å². The average Bonchev–Trinajstić information content (AvgIpc) is 2.55. The van der Waals surface area contributed by atoms with Crippen molar-refractivity contribution in [2.45, 2.75) is 26.9 Å². The number of pyridine rings is 1. The molecule has 24 heavy (non-hydrogen) atoms. The maximum Gasteiger partial charge on any atom is 0.406 e. The first kappa shape index (κ1) is 17.4. The van der Waals surface area contributed by atoms with Crippen molar-refractivity contribution < 1.29 is 19.2 Å². The number of rotatable bonds is 6. The Morgan fingerprint density at radius 3 is 2.54 bits per heavy atom. The highest BCUT2D eigenvalue weighted by Gasteiger charge is 2.24. The maximum absolute atomic E-state index is 11.7. The fourth-order valence-corrected chi connectivity index (χ4v) is 2.06. The fourth-order valence-electron chi connectivity index (χ4n) is 2.06. The number of aryl methyl sites for hydroxylation is 1. The van der Waals surface area contributed by atoms with Gasteiger partial charge in [0, 0.05) is 11.6 Å². The Balaban J connectivity index is 2.36. The monoisotopic (exact) mass is 330 g/mol. The zero-order valence-corrected chi connectivity index (χ0v) is 13.7. The van der Waals surface area contributed by atoms with E-state index in [1.54, 1.807) is 6.92 Å². The molecule has 0 saturated carbocycles. The van der Waals surface area contributed by atoms with Crippen LogP contribution in [0.4, 0.5) is 5.82 Å². The summed E-state index contributed by atoms with van der Waals surface area (Å²) >= 11 is 0. The standard InChI is InChI=1S/C17H18N2O5/c1-4-23-17(20)12(3)24-15-9-14(10-18-16(15)19(21)22)13-7-5-11(2)6-8-13/h5-10,12H,4H2,1-3H3. The van der Waals surface area contributed by atoms with Crippen molar-refractivity contribution in [3.63, 3.8) is 0 Å². The number of ether oxygens (including phenoxy) is 2. The van der Waals surface area contributed by atoms with Gasteiger partial charge in [-0.3, -0.25) is 0 Å². The van der Waals surface area contributed by atoms with Crippen LogP contribution in [0.25, 0.3) is 11.1 Å². The number of carbonyl (C=O) groups excluding carboxylic acids is 1. The molecule has 1 atom stereocenters. The van der Waals surface area contributed by atoms with E-state index in [-0.39, 0.29) is 12.4 Å². The number of esters is 1. The summed E-state index contributed by atoms with van der Waals surface area (Å²) in [4.78, 5) is 26.0. The molecule has 0 amide bonds. The maximum atomic E-state index is 11.7. The summed E-state index contributed by atoms with van der Waals surface area (Å²) in [7, 11) is 0. The third kappa shape index (κ3) is 4.07. The summed E-state index contributed by atoms with van der Waals surface area (Å²) < 4.78 is 10.3. The number of nitro groups is 1. The third-order valence-corrected chi connectivity index (χ3v) is 3.31. The Hall–Kier alpha value is -2.96. The zero-order chi connectivity index (χ0) is 17.7. The lowest BCUT2D eigenvalue weighted by Crippen LogP contribution is -2.26. The highest BCUT2D eigenvalue weighted by atomic mass is 16.6. The van der Waals surface area contributed by atoms with Crippen molar-refractivity contribution in [2.75, 3.05) is 6.61 Å². The number of benzene rings is 1. The van der Waals surface area contributed by atoms with E-state index >= 15 is 0 Å². The Morgan fingerprint density at radius 2 is 1.96 bits per heavy atom. The molecule has 7 heteroatoms. The molecule has 0 N–H and O–H groups in total. The van der Waals surface area contributed by atoms with Gasteiger partial charge in [-0.2, -0.15) is 0 Å². The smallest absolute Gasteiger partial charge is 0.406 e. The van der Waals surface area contributed by atoms with Crippen molar-refractivity contribution in [2.24, 2.45) is 0 Å². The van der Waals surface area contributed by atoms with Crippen molar-refractivity contribution >= 4 is 11.8 Å². The molecule has 0 aliphatic heterocycles. The Kier molecular flexibility index (Phi) is 5.47. The summed E-state index contributed by atoms with van der Waals surface area (Å²) in [6.45, 7) is 5.32. The normalized spacial score (nSPS) is 11.6. The van der Waals surface area contributed by atoms with Crippen LogP contribution in [0, 0.1) is 17.0 Å². The molecular weight excluding hydrogens is 312 g/mol. The number of hydrogen-bond acceptors (Lipinski definition) is 6. The van der Waals surface area contributed by atoms with E-state index in [1.807, 2.05) is 31.2 Å². The quantitative estimate of drug-likeness (QED) is 0.458. The molecule has 0 saturated heterocycles. The molecule has 0 radical (unpaired) electrons. The van der Waals surface area contributed by atoms with E-state index in [0.717, 1.165) is 11.1 Å². The Morgan fingerprint density at radius 1 is 1.29 bits per heavy atom. The van der Waals surface area contributed by atoms with Crippen LogP contribution in [0.15, 0.2) is 36.5 Å². The van der Waals surface area contributed by atoms with Gasteiger partial charge in [-0.1, -0.05) is 29.8 Å². The molecule has 1 aromatic carbocycles. The van der Waals surface area contributed by atoms with Crippen LogP contribution in [-0.2, 0) is 9.53 Å². The van der Waals surface area contributed by atoms with Crippen molar-refractivity contribution in [1.82, 2.24) is 4.98 Å². The lowest BCUT2D eigenvalue weighted by Gasteiger charge is -2.13. The second-order valence-electron chi connectivity index (χ2n) is 5.18. The third-order valence-electron chi connectivity index (χ3n) is 3.31. The van der Waals surface area contributed by atoms with Gasteiger partial charge >= 0.3 is 11.8 Å². The minimum Gasteiger partial charge on any atom is -0.471 e. The largest absolute Gasteiger partial charge is 0.471 e. The van der Waals surface area contributed by atoms with E-state index in [4.69, 9.17) is 9.47 Å². The topological polar surface area (TPSA) is 91.6 Å². The molecule has 0 bridgehead atoms. The van der Waals surface area contributed by atoms with E-state index in [9.17, 15) is 14.9 Å². The Labute approximate surface area is 139 Å². The lowest BCUT2D eigenvalue weighted by molar-refractivity contribution is -0.390. The van der Waals surface area contributed by atoms with E-state index in [2.05, 4.69) is 4.98 Å². The zero-order valence-electron chi connectivity index (χ0n) is 13.7. The molecule has 0 aliphatic rings. The van der Waals surface area contributed by atoms with Gasteiger partial charge in [0.25, 0.3) is 0 Å². The first-order valence-corrected chi connectivity index (χ1v) is 7.47. The number of nitrogens with zero attached hydrogens (tertiary/aromatic N) is 2. The van der Waals surface area contributed by atoms with Gasteiger partial charge in [-0.25, -0.2) is 4.79 Å². The molecule has 1 unspecified atom stereocenters. The number of hydrogen-bond donors (Lipinski definition) is 0. The van der Waals surface area contributed by atoms with Gasteiger partial charge in [0.05, 0.1) is 6.61 Å². The number of carbonyl (C=O) groups is 1. The predicted octanol–water partition coefficient (Wildman–Crippen LogP) is 3.30. The van der Waals surface area contributed by atoms with Crippen LogP contribution in [0.5, 0.6) is 5.75 Å². The van der Waals surface area contributed by atoms with Crippen LogP contribution in [0.3, 0.4) is 0 Å². The predicted molar refractivity (Wildman–Crippen MR) is 87.8 cm³/mol. The summed E-state index contributed by atoms with van der Waals surface area (Å²) in [6.07, 6.45) is 0.434. The first-order chi connectivity index (χ1) is 11.4. The minimum absolute atomic E-state index is 0.0707. The average molecular weight is 330 g/mol. The molecule has 0 fully saturated rings. The van der Waals surface area contributed by atoms with Gasteiger partial charge < -0.3 is 19.6 Å². The minimum atomic E-state index is -0.973. The van der Waals surface area contributed by atoms with E-state index in [1.165, 1.54) is 19.2 Å². The molecule has 2 rings (SSSR count). The van der Waals surface area contributed by atoms with Crippen molar-refractivity contribution in [3.05, 3.63) is 52.2 Å². The second kappa shape index (κ2) is 7.54. The molecule has 2 aromatic rings. The fraction of sp³-hybridized carbons (Fsp3) is 0.294. The molecule has 1 heterocycles. The van der Waals surface area contributed by atoms with Gasteiger partial charge in [0.1, 0.15) is 6.20 Å². The van der Waals surface area contributed by atoms with Gasteiger partial charge in [-0.05, 0) is 36.2 Å². The van der Waals surface area contributed by atoms with Crippen LogP contribution in [0.2, 0.25) is 0 Å². The molecule has 1 aromatic heterocycles. The molecule has 7 nitrogen and oxygen atoms in total.